The van der Waals surface area contributed by atoms with Crippen LogP contribution in [0.4, 0.5) is 0 Å². The van der Waals surface area contributed by atoms with Crippen molar-refractivity contribution in [2.45, 2.75) is 25.8 Å². The van der Waals surface area contributed by atoms with Crippen molar-refractivity contribution in [3.63, 3.8) is 0 Å². The van der Waals surface area contributed by atoms with E-state index in [1.165, 1.54) is 11.3 Å². The molecular formula is C17H20N2O3S. The number of carbonyl (C=O) groups is 1. The first kappa shape index (κ1) is 15.8. The standard InChI is InChI=1S/C17H20N2O3S/c1-4-8-19-12-9-13(21-2)14(22-3)10-15(12)23-17(19)18-16(20)11-6-5-7-11/h4,9-11H,1,5-8H2,2-3H3. The Bertz CT molecular complexity index is 815. The molecule has 1 aliphatic rings. The Kier molecular flexibility index (Phi) is 4.52. The van der Waals surface area contributed by atoms with Crippen molar-refractivity contribution >= 4 is 27.5 Å². The molecule has 1 aromatic carbocycles. The smallest absolute Gasteiger partial charge is 0.251 e. The normalized spacial score (nSPS) is 15.5. The summed E-state index contributed by atoms with van der Waals surface area (Å²) in [5.41, 5.74) is 0.965. The van der Waals surface area contributed by atoms with E-state index >= 15 is 0 Å². The van der Waals surface area contributed by atoms with Crippen LogP contribution in [0.5, 0.6) is 11.5 Å². The van der Waals surface area contributed by atoms with Gasteiger partial charge in [-0.2, -0.15) is 4.99 Å². The van der Waals surface area contributed by atoms with Crippen molar-refractivity contribution < 1.29 is 14.3 Å². The third kappa shape index (κ3) is 2.91. The fourth-order valence-corrected chi connectivity index (χ4v) is 3.68. The maximum Gasteiger partial charge on any atom is 0.251 e. The Balaban J connectivity index is 2.16. The number of carbonyl (C=O) groups excluding carboxylic acids is 1. The number of aromatic nitrogens is 1. The lowest BCUT2D eigenvalue weighted by Crippen LogP contribution is -2.24. The number of allylic oxidation sites excluding steroid dienone is 1. The van der Waals surface area contributed by atoms with Gasteiger partial charge in [0.05, 0.1) is 24.4 Å². The summed E-state index contributed by atoms with van der Waals surface area (Å²) in [5.74, 6) is 1.41. The summed E-state index contributed by atoms with van der Waals surface area (Å²) >= 11 is 1.49. The summed E-state index contributed by atoms with van der Waals surface area (Å²) in [6.07, 6.45) is 4.84. The lowest BCUT2D eigenvalue weighted by Gasteiger charge is -2.20. The second kappa shape index (κ2) is 6.58. The molecule has 23 heavy (non-hydrogen) atoms. The Morgan fingerprint density at radius 2 is 2.09 bits per heavy atom. The monoisotopic (exact) mass is 332 g/mol. The molecule has 1 amide bonds. The Labute approximate surface area is 138 Å². The maximum atomic E-state index is 12.2. The van der Waals surface area contributed by atoms with Gasteiger partial charge in [-0.1, -0.05) is 23.8 Å². The summed E-state index contributed by atoms with van der Waals surface area (Å²) in [6.45, 7) is 4.39. The van der Waals surface area contributed by atoms with Crippen LogP contribution in [0.25, 0.3) is 10.2 Å². The third-order valence-electron chi connectivity index (χ3n) is 4.16. The highest BCUT2D eigenvalue weighted by atomic mass is 32.1. The van der Waals surface area contributed by atoms with Crippen molar-refractivity contribution in [1.29, 1.82) is 0 Å². The fraction of sp³-hybridized carbons (Fsp3) is 0.412. The molecule has 0 radical (unpaired) electrons. The maximum absolute atomic E-state index is 12.2. The number of methoxy groups -OCH3 is 2. The van der Waals surface area contributed by atoms with Crippen LogP contribution in [0, 0.1) is 5.92 Å². The molecule has 1 aromatic heterocycles. The van der Waals surface area contributed by atoms with Gasteiger partial charge in [0.2, 0.25) is 0 Å². The van der Waals surface area contributed by atoms with Gasteiger partial charge in [-0.15, -0.1) is 6.58 Å². The van der Waals surface area contributed by atoms with Gasteiger partial charge < -0.3 is 14.0 Å². The minimum absolute atomic E-state index is 0.0143. The largest absolute Gasteiger partial charge is 0.493 e. The zero-order valence-electron chi connectivity index (χ0n) is 13.4. The Morgan fingerprint density at radius 1 is 1.39 bits per heavy atom. The predicted molar refractivity (Wildman–Crippen MR) is 91.0 cm³/mol. The number of hydrogen-bond donors (Lipinski definition) is 0. The molecule has 6 heteroatoms. The molecule has 3 rings (SSSR count). The molecule has 0 bridgehead atoms. The molecule has 2 aromatic rings. The molecule has 5 nitrogen and oxygen atoms in total. The van der Waals surface area contributed by atoms with Crippen LogP contribution in [-0.2, 0) is 11.3 Å². The van der Waals surface area contributed by atoms with Crippen LogP contribution in [0.3, 0.4) is 0 Å². The zero-order valence-corrected chi connectivity index (χ0v) is 14.2. The molecule has 0 saturated heterocycles. The van der Waals surface area contributed by atoms with E-state index in [2.05, 4.69) is 11.6 Å². The number of fused-ring (bicyclic) bond motifs is 1. The topological polar surface area (TPSA) is 52.8 Å². The van der Waals surface area contributed by atoms with Gasteiger partial charge in [-0.3, -0.25) is 4.79 Å². The molecule has 1 aliphatic carbocycles. The highest BCUT2D eigenvalue weighted by Gasteiger charge is 2.25. The number of rotatable bonds is 5. The van der Waals surface area contributed by atoms with E-state index in [9.17, 15) is 4.79 Å². The summed E-state index contributed by atoms with van der Waals surface area (Å²) < 4.78 is 13.7. The van der Waals surface area contributed by atoms with Crippen molar-refractivity contribution in [3.8, 4) is 11.5 Å². The number of amides is 1. The zero-order chi connectivity index (χ0) is 16.4. The van der Waals surface area contributed by atoms with Crippen molar-refractivity contribution in [1.82, 2.24) is 4.57 Å². The third-order valence-corrected chi connectivity index (χ3v) is 5.20. The van der Waals surface area contributed by atoms with Gasteiger partial charge in [-0.25, -0.2) is 0 Å². The molecule has 1 saturated carbocycles. The van der Waals surface area contributed by atoms with E-state index in [4.69, 9.17) is 9.47 Å². The van der Waals surface area contributed by atoms with Crippen molar-refractivity contribution in [3.05, 3.63) is 29.6 Å². The van der Waals surface area contributed by atoms with Crippen LogP contribution in [-0.4, -0.2) is 24.7 Å². The van der Waals surface area contributed by atoms with Crippen LogP contribution in [0.2, 0.25) is 0 Å². The summed E-state index contributed by atoms with van der Waals surface area (Å²) in [7, 11) is 3.22. The Hall–Kier alpha value is -2.08. The molecule has 0 atom stereocenters. The second-order valence-corrected chi connectivity index (χ2v) is 6.55. The van der Waals surface area contributed by atoms with Gasteiger partial charge in [0.1, 0.15) is 0 Å². The highest BCUT2D eigenvalue weighted by molar-refractivity contribution is 7.16. The van der Waals surface area contributed by atoms with Crippen LogP contribution < -0.4 is 14.3 Å². The molecule has 0 aliphatic heterocycles. The van der Waals surface area contributed by atoms with Gasteiger partial charge in [0, 0.05) is 24.6 Å². The summed E-state index contributed by atoms with van der Waals surface area (Å²) in [4.78, 5) is 17.3. The number of benzene rings is 1. The minimum Gasteiger partial charge on any atom is -0.493 e. The van der Waals surface area contributed by atoms with E-state index in [0.717, 1.165) is 29.5 Å². The summed E-state index contributed by atoms with van der Waals surface area (Å²) in [6, 6.07) is 3.84. The SMILES string of the molecule is C=CCn1c(=NC(=O)C2CCC2)sc2cc(OC)c(OC)cc21. The summed E-state index contributed by atoms with van der Waals surface area (Å²) in [5, 5.41) is 0. The van der Waals surface area contributed by atoms with Crippen molar-refractivity contribution in [2.75, 3.05) is 14.2 Å². The van der Waals surface area contributed by atoms with E-state index in [-0.39, 0.29) is 11.8 Å². The minimum atomic E-state index is -0.0143. The molecule has 0 N–H and O–H groups in total. The van der Waals surface area contributed by atoms with Crippen LogP contribution in [0.1, 0.15) is 19.3 Å². The first-order valence-corrected chi connectivity index (χ1v) is 8.44. The predicted octanol–water partition coefficient (Wildman–Crippen LogP) is 3.13. The Morgan fingerprint density at radius 3 is 2.65 bits per heavy atom. The molecule has 1 fully saturated rings. The van der Waals surface area contributed by atoms with E-state index < -0.39 is 0 Å². The number of thiazole rings is 1. The molecular weight excluding hydrogens is 312 g/mol. The number of ether oxygens (including phenoxy) is 2. The van der Waals surface area contributed by atoms with Gasteiger partial charge in [0.25, 0.3) is 5.91 Å². The van der Waals surface area contributed by atoms with Crippen LogP contribution in [0.15, 0.2) is 29.8 Å². The van der Waals surface area contributed by atoms with Gasteiger partial charge in [0.15, 0.2) is 16.3 Å². The quantitative estimate of drug-likeness (QED) is 0.791. The first-order chi connectivity index (χ1) is 11.2. The molecule has 0 unspecified atom stereocenters. The van der Waals surface area contributed by atoms with Crippen molar-refractivity contribution in [2.24, 2.45) is 10.9 Å². The highest BCUT2D eigenvalue weighted by Crippen LogP contribution is 2.33. The van der Waals surface area contributed by atoms with E-state index in [1.54, 1.807) is 20.3 Å². The number of hydrogen-bond acceptors (Lipinski definition) is 4. The first-order valence-electron chi connectivity index (χ1n) is 7.62. The second-order valence-electron chi connectivity index (χ2n) is 5.54. The molecule has 0 spiro atoms. The van der Waals surface area contributed by atoms with E-state index in [0.29, 0.717) is 22.8 Å². The average Bonchev–Trinajstić information content (AvgIpc) is 2.81. The average molecular weight is 332 g/mol. The van der Waals surface area contributed by atoms with E-state index in [1.807, 2.05) is 16.7 Å². The van der Waals surface area contributed by atoms with Crippen LogP contribution >= 0.6 is 11.3 Å². The molecule has 1 heterocycles. The number of nitrogens with zero attached hydrogens (tertiary/aromatic N) is 2. The van der Waals surface area contributed by atoms with Gasteiger partial charge in [-0.05, 0) is 12.8 Å². The molecule has 122 valence electrons. The van der Waals surface area contributed by atoms with Gasteiger partial charge >= 0.3 is 0 Å². The lowest BCUT2D eigenvalue weighted by molar-refractivity contribution is -0.124. The fourth-order valence-electron chi connectivity index (χ4n) is 2.63. The lowest BCUT2D eigenvalue weighted by atomic mass is 9.85.